The minimum atomic E-state index is -0.405. The zero-order chi connectivity index (χ0) is 15.8. The molecule has 0 bridgehead atoms. The first-order valence-electron chi connectivity index (χ1n) is 9.00. The van der Waals surface area contributed by atoms with Crippen molar-refractivity contribution in [3.05, 3.63) is 11.6 Å². The largest absolute Gasteiger partial charge is 0.342 e. The van der Waals surface area contributed by atoms with E-state index in [0.717, 1.165) is 24.5 Å². The number of hydrogen-bond acceptors (Lipinski definition) is 3. The van der Waals surface area contributed by atoms with E-state index in [9.17, 15) is 9.18 Å². The third-order valence-corrected chi connectivity index (χ3v) is 5.74. The van der Waals surface area contributed by atoms with Crippen molar-refractivity contribution in [3.63, 3.8) is 0 Å². The number of likely N-dealkylation sites (tertiary alicyclic amines) is 1. The van der Waals surface area contributed by atoms with Gasteiger partial charge in [0.1, 0.15) is 5.82 Å². The van der Waals surface area contributed by atoms with Gasteiger partial charge in [-0.2, -0.15) is 5.10 Å². The molecule has 4 rings (SSSR count). The molecule has 5 nitrogen and oxygen atoms in total. The highest BCUT2D eigenvalue weighted by molar-refractivity contribution is 5.77. The Hall–Kier alpha value is -1.46. The Morgan fingerprint density at radius 3 is 2.70 bits per heavy atom. The Balaban J connectivity index is 1.41. The minimum absolute atomic E-state index is 0.0347. The summed E-state index contributed by atoms with van der Waals surface area (Å²) in [4.78, 5) is 19.0. The van der Waals surface area contributed by atoms with Crippen molar-refractivity contribution in [1.82, 2.24) is 20.1 Å². The summed E-state index contributed by atoms with van der Waals surface area (Å²) >= 11 is 0. The van der Waals surface area contributed by atoms with Gasteiger partial charge in [0.25, 0.3) is 0 Å². The number of carbonyl (C=O) groups is 1. The van der Waals surface area contributed by atoms with E-state index in [-0.39, 0.29) is 17.7 Å². The van der Waals surface area contributed by atoms with Gasteiger partial charge in [0.15, 0.2) is 5.82 Å². The predicted octanol–water partition coefficient (Wildman–Crippen LogP) is 2.77. The molecule has 126 valence electrons. The van der Waals surface area contributed by atoms with Gasteiger partial charge < -0.3 is 4.90 Å². The molecule has 3 fully saturated rings. The van der Waals surface area contributed by atoms with Crippen molar-refractivity contribution < 1.29 is 9.18 Å². The number of halogens is 1. The van der Waals surface area contributed by atoms with Crippen LogP contribution in [0.3, 0.4) is 0 Å². The molecule has 2 aliphatic carbocycles. The molecule has 0 unspecified atom stereocenters. The highest BCUT2D eigenvalue weighted by atomic mass is 19.1. The first-order chi connectivity index (χ1) is 11.2. The Kier molecular flexibility index (Phi) is 4.07. The predicted molar refractivity (Wildman–Crippen MR) is 83.7 cm³/mol. The van der Waals surface area contributed by atoms with Crippen LogP contribution >= 0.6 is 0 Å². The van der Waals surface area contributed by atoms with Crippen LogP contribution in [0.5, 0.6) is 0 Å². The molecule has 2 saturated carbocycles. The maximum absolute atomic E-state index is 13.5. The van der Waals surface area contributed by atoms with E-state index in [1.165, 1.54) is 25.7 Å². The molecule has 1 amide bonds. The molecule has 1 aliphatic heterocycles. The highest BCUT2D eigenvalue weighted by Gasteiger charge is 2.39. The van der Waals surface area contributed by atoms with E-state index >= 15 is 0 Å². The summed E-state index contributed by atoms with van der Waals surface area (Å²) in [7, 11) is 0. The van der Waals surface area contributed by atoms with E-state index in [4.69, 9.17) is 0 Å². The normalized spacial score (nSPS) is 28.7. The average Bonchev–Trinajstić information content (AvgIpc) is 2.99. The monoisotopic (exact) mass is 320 g/mol. The summed E-state index contributed by atoms with van der Waals surface area (Å²) < 4.78 is 13.5. The summed E-state index contributed by atoms with van der Waals surface area (Å²) in [6.07, 6.45) is 7.77. The van der Waals surface area contributed by atoms with Gasteiger partial charge in [0.2, 0.25) is 5.91 Å². The SMILES string of the molecule is O=C(CC1CCCC1)N1C[C@@H](CF)[C@H](c2nc(C3CC3)n[nH]2)C1. The third-order valence-electron chi connectivity index (χ3n) is 5.74. The second kappa shape index (κ2) is 6.21. The lowest BCUT2D eigenvalue weighted by atomic mass is 9.97. The van der Waals surface area contributed by atoms with Gasteiger partial charge in [-0.3, -0.25) is 14.3 Å². The number of hydrogen-bond donors (Lipinski definition) is 1. The van der Waals surface area contributed by atoms with Gasteiger partial charge in [-0.25, -0.2) is 4.98 Å². The highest BCUT2D eigenvalue weighted by Crippen LogP contribution is 2.39. The zero-order valence-corrected chi connectivity index (χ0v) is 13.5. The fraction of sp³-hybridized carbons (Fsp3) is 0.824. The maximum atomic E-state index is 13.5. The van der Waals surface area contributed by atoms with Crippen LogP contribution in [-0.4, -0.2) is 45.8 Å². The molecular formula is C17H25FN4O. The van der Waals surface area contributed by atoms with Crippen molar-refractivity contribution >= 4 is 5.91 Å². The maximum Gasteiger partial charge on any atom is 0.222 e. The molecule has 3 aliphatic rings. The molecule has 1 aromatic heterocycles. The molecule has 23 heavy (non-hydrogen) atoms. The number of alkyl halides is 1. The third kappa shape index (κ3) is 3.12. The molecule has 1 N–H and O–H groups in total. The van der Waals surface area contributed by atoms with Gasteiger partial charge in [-0.1, -0.05) is 12.8 Å². The van der Waals surface area contributed by atoms with Crippen LogP contribution in [0.1, 0.15) is 68.4 Å². The lowest BCUT2D eigenvalue weighted by Gasteiger charge is -2.18. The fourth-order valence-corrected chi connectivity index (χ4v) is 4.11. The first-order valence-corrected chi connectivity index (χ1v) is 9.00. The summed E-state index contributed by atoms with van der Waals surface area (Å²) in [5.41, 5.74) is 0. The van der Waals surface area contributed by atoms with Crippen LogP contribution in [0.2, 0.25) is 0 Å². The quantitative estimate of drug-likeness (QED) is 0.907. The molecule has 2 atom stereocenters. The Morgan fingerprint density at radius 1 is 1.22 bits per heavy atom. The van der Waals surface area contributed by atoms with E-state index in [0.29, 0.717) is 31.3 Å². The van der Waals surface area contributed by atoms with Gasteiger partial charge in [0, 0.05) is 37.3 Å². The van der Waals surface area contributed by atoms with Gasteiger partial charge >= 0.3 is 0 Å². The van der Waals surface area contributed by atoms with Crippen LogP contribution in [0, 0.1) is 11.8 Å². The average molecular weight is 320 g/mol. The fourth-order valence-electron chi connectivity index (χ4n) is 4.11. The van der Waals surface area contributed by atoms with Crippen LogP contribution in [-0.2, 0) is 4.79 Å². The second-order valence-electron chi connectivity index (χ2n) is 7.53. The van der Waals surface area contributed by atoms with Crippen LogP contribution in [0.4, 0.5) is 4.39 Å². The summed E-state index contributed by atoms with van der Waals surface area (Å²) in [5, 5.41) is 7.28. The van der Waals surface area contributed by atoms with Crippen LogP contribution in [0.15, 0.2) is 0 Å². The number of nitrogens with one attached hydrogen (secondary N) is 1. The topological polar surface area (TPSA) is 61.9 Å². The molecule has 2 heterocycles. The smallest absolute Gasteiger partial charge is 0.222 e. The molecule has 0 aromatic carbocycles. The number of rotatable bonds is 5. The van der Waals surface area contributed by atoms with Crippen LogP contribution in [0.25, 0.3) is 0 Å². The van der Waals surface area contributed by atoms with Gasteiger partial charge in [-0.15, -0.1) is 0 Å². The Bertz CT molecular complexity index is 565. The molecule has 1 aromatic rings. The first kappa shape index (κ1) is 15.1. The van der Waals surface area contributed by atoms with Crippen molar-refractivity contribution in [1.29, 1.82) is 0 Å². The summed E-state index contributed by atoms with van der Waals surface area (Å²) in [6, 6.07) is 0. The standard InChI is InChI=1S/C17H25FN4O/c18-8-13-9-22(15(23)7-11-3-1-2-4-11)10-14(13)17-19-16(20-21-17)12-5-6-12/h11-14H,1-10H2,(H,19,20,21)/t13-,14-/m1/s1. The van der Waals surface area contributed by atoms with Crippen molar-refractivity contribution in [2.24, 2.45) is 11.8 Å². The lowest BCUT2D eigenvalue weighted by molar-refractivity contribution is -0.131. The molecule has 0 spiro atoms. The molecular weight excluding hydrogens is 295 g/mol. The number of amides is 1. The summed E-state index contributed by atoms with van der Waals surface area (Å²) in [6.45, 7) is 0.697. The van der Waals surface area contributed by atoms with E-state index in [1.54, 1.807) is 0 Å². The van der Waals surface area contributed by atoms with E-state index < -0.39 is 6.67 Å². The minimum Gasteiger partial charge on any atom is -0.342 e. The second-order valence-corrected chi connectivity index (χ2v) is 7.53. The van der Waals surface area contributed by atoms with Gasteiger partial charge in [0.05, 0.1) is 6.67 Å². The summed E-state index contributed by atoms with van der Waals surface area (Å²) in [5.74, 6) is 2.68. The van der Waals surface area contributed by atoms with E-state index in [1.807, 2.05) is 4.90 Å². The number of H-pyrrole nitrogens is 1. The number of carbonyl (C=O) groups excluding carboxylic acids is 1. The number of aromatic nitrogens is 3. The number of aromatic amines is 1. The molecule has 0 radical (unpaired) electrons. The Morgan fingerprint density at radius 2 is 2.00 bits per heavy atom. The van der Waals surface area contributed by atoms with Crippen molar-refractivity contribution in [3.8, 4) is 0 Å². The van der Waals surface area contributed by atoms with Gasteiger partial charge in [-0.05, 0) is 31.6 Å². The van der Waals surface area contributed by atoms with Crippen molar-refractivity contribution in [2.45, 2.75) is 56.8 Å². The van der Waals surface area contributed by atoms with E-state index in [2.05, 4.69) is 15.2 Å². The lowest BCUT2D eigenvalue weighted by Crippen LogP contribution is -2.30. The van der Waals surface area contributed by atoms with Crippen molar-refractivity contribution in [2.75, 3.05) is 19.8 Å². The number of nitrogens with zero attached hydrogens (tertiary/aromatic N) is 3. The molecule has 1 saturated heterocycles. The van der Waals surface area contributed by atoms with Crippen LogP contribution < -0.4 is 0 Å². The molecule has 6 heteroatoms. The zero-order valence-electron chi connectivity index (χ0n) is 13.5. The Labute approximate surface area is 136 Å².